The fourth-order valence-corrected chi connectivity index (χ4v) is 1.72. The highest BCUT2D eigenvalue weighted by molar-refractivity contribution is 5.94. The number of aromatic hydroxyl groups is 1. The molecule has 96 valence electrons. The summed E-state index contributed by atoms with van der Waals surface area (Å²) in [6.45, 7) is 5.07. The maximum atomic E-state index is 12.2. The molecule has 18 heavy (non-hydrogen) atoms. The monoisotopic (exact) mass is 246 g/mol. The number of phenols is 1. The van der Waals surface area contributed by atoms with Gasteiger partial charge in [0.05, 0.1) is 12.5 Å². The number of hydrogen-bond donors (Lipinski definition) is 1. The van der Waals surface area contributed by atoms with Crippen molar-refractivity contribution < 1.29 is 9.90 Å². The molecule has 0 atom stereocenters. The van der Waals surface area contributed by atoms with Crippen molar-refractivity contribution in [2.45, 2.75) is 20.3 Å². The van der Waals surface area contributed by atoms with Gasteiger partial charge < -0.3 is 10.0 Å². The summed E-state index contributed by atoms with van der Waals surface area (Å²) < 4.78 is 0. The summed E-state index contributed by atoms with van der Waals surface area (Å²) >= 11 is 0. The average molecular weight is 246 g/mol. The summed E-state index contributed by atoms with van der Waals surface area (Å²) in [5.41, 5.74) is 0.452. The molecule has 0 radical (unpaired) electrons. The number of phenolic OH excluding ortho intramolecular Hbond substituents is 1. The zero-order valence-electron chi connectivity index (χ0n) is 10.8. The first-order valence-corrected chi connectivity index (χ1v) is 6.00. The molecule has 0 bridgehead atoms. The molecule has 1 aromatic rings. The van der Waals surface area contributed by atoms with Gasteiger partial charge >= 0.3 is 0 Å². The summed E-state index contributed by atoms with van der Waals surface area (Å²) in [6, 6.07) is 8.33. The smallest absolute Gasteiger partial charge is 0.254 e. The molecule has 1 amide bonds. The van der Waals surface area contributed by atoms with Gasteiger partial charge in [0, 0.05) is 18.7 Å². The second-order valence-corrected chi connectivity index (χ2v) is 4.60. The Morgan fingerprint density at radius 3 is 2.78 bits per heavy atom. The Bertz CT molecular complexity index is 449. The van der Waals surface area contributed by atoms with Gasteiger partial charge in [-0.1, -0.05) is 19.9 Å². The Morgan fingerprint density at radius 2 is 2.22 bits per heavy atom. The van der Waals surface area contributed by atoms with E-state index in [1.54, 1.807) is 17.0 Å². The van der Waals surface area contributed by atoms with Crippen LogP contribution in [-0.2, 0) is 0 Å². The molecule has 0 aromatic heterocycles. The van der Waals surface area contributed by atoms with Crippen LogP contribution < -0.4 is 0 Å². The van der Waals surface area contributed by atoms with Crippen LogP contribution in [0.1, 0.15) is 30.6 Å². The van der Waals surface area contributed by atoms with Crippen LogP contribution in [0.3, 0.4) is 0 Å². The number of carbonyl (C=O) groups is 1. The van der Waals surface area contributed by atoms with Crippen molar-refractivity contribution in [3.8, 4) is 11.8 Å². The second-order valence-electron chi connectivity index (χ2n) is 4.60. The third kappa shape index (κ3) is 4.10. The highest BCUT2D eigenvalue weighted by Crippen LogP contribution is 2.14. The lowest BCUT2D eigenvalue weighted by molar-refractivity contribution is 0.0739. The maximum Gasteiger partial charge on any atom is 0.254 e. The van der Waals surface area contributed by atoms with E-state index in [0.717, 1.165) is 0 Å². The summed E-state index contributed by atoms with van der Waals surface area (Å²) in [5, 5.41) is 18.0. The molecule has 0 aliphatic rings. The Hall–Kier alpha value is -2.02. The van der Waals surface area contributed by atoms with Crippen LogP contribution in [0, 0.1) is 17.2 Å². The summed E-state index contributed by atoms with van der Waals surface area (Å²) in [7, 11) is 0. The maximum absolute atomic E-state index is 12.2. The Balaban J connectivity index is 2.84. The van der Waals surface area contributed by atoms with Gasteiger partial charge in [0.2, 0.25) is 0 Å². The lowest BCUT2D eigenvalue weighted by Gasteiger charge is -2.23. The quantitative estimate of drug-likeness (QED) is 0.867. The number of nitrogens with zero attached hydrogens (tertiary/aromatic N) is 2. The van der Waals surface area contributed by atoms with Gasteiger partial charge in [-0.2, -0.15) is 5.26 Å². The van der Waals surface area contributed by atoms with E-state index in [-0.39, 0.29) is 11.7 Å². The lowest BCUT2D eigenvalue weighted by Crippen LogP contribution is -2.34. The van der Waals surface area contributed by atoms with Crippen LogP contribution in [-0.4, -0.2) is 29.0 Å². The molecule has 0 saturated heterocycles. The number of nitriles is 1. The van der Waals surface area contributed by atoms with Crippen molar-refractivity contribution >= 4 is 5.91 Å². The minimum absolute atomic E-state index is 0.0747. The third-order valence-electron chi connectivity index (χ3n) is 2.46. The lowest BCUT2D eigenvalue weighted by atomic mass is 10.1. The van der Waals surface area contributed by atoms with Crippen LogP contribution in [0.15, 0.2) is 24.3 Å². The molecule has 0 saturated carbocycles. The molecular formula is C14H18N2O2. The van der Waals surface area contributed by atoms with Crippen molar-refractivity contribution in [2.24, 2.45) is 5.92 Å². The summed E-state index contributed by atoms with van der Waals surface area (Å²) in [6.07, 6.45) is 0.317. The van der Waals surface area contributed by atoms with Crippen molar-refractivity contribution in [2.75, 3.05) is 13.1 Å². The van der Waals surface area contributed by atoms with E-state index in [1.165, 1.54) is 12.1 Å². The number of amides is 1. The topological polar surface area (TPSA) is 64.3 Å². The SMILES string of the molecule is CC(C)CN(CCC#N)C(=O)c1cccc(O)c1. The molecule has 0 spiro atoms. The minimum Gasteiger partial charge on any atom is -0.508 e. The van der Waals surface area contributed by atoms with Gasteiger partial charge in [-0.15, -0.1) is 0 Å². The van der Waals surface area contributed by atoms with Crippen LogP contribution in [0.4, 0.5) is 0 Å². The van der Waals surface area contributed by atoms with E-state index in [9.17, 15) is 9.90 Å². The zero-order valence-corrected chi connectivity index (χ0v) is 10.8. The Labute approximate surface area is 107 Å². The molecular weight excluding hydrogens is 228 g/mol. The summed E-state index contributed by atoms with van der Waals surface area (Å²) in [5.74, 6) is 0.269. The number of hydrogen-bond acceptors (Lipinski definition) is 3. The molecule has 1 N–H and O–H groups in total. The van der Waals surface area contributed by atoms with Crippen molar-refractivity contribution in [3.63, 3.8) is 0 Å². The highest BCUT2D eigenvalue weighted by Gasteiger charge is 2.16. The Kier molecular flexibility index (Phi) is 5.19. The number of rotatable bonds is 5. The second kappa shape index (κ2) is 6.65. The first kappa shape index (κ1) is 14.0. The van der Waals surface area contributed by atoms with Crippen LogP contribution in [0.2, 0.25) is 0 Å². The molecule has 4 heteroatoms. The van der Waals surface area contributed by atoms with E-state index in [4.69, 9.17) is 5.26 Å². The van der Waals surface area contributed by atoms with Gasteiger partial charge in [-0.3, -0.25) is 4.79 Å². The molecule has 0 unspecified atom stereocenters. The van der Waals surface area contributed by atoms with Gasteiger partial charge in [0.25, 0.3) is 5.91 Å². The van der Waals surface area contributed by atoms with Crippen molar-refractivity contribution in [3.05, 3.63) is 29.8 Å². The summed E-state index contributed by atoms with van der Waals surface area (Å²) in [4.78, 5) is 13.9. The molecule has 4 nitrogen and oxygen atoms in total. The van der Waals surface area contributed by atoms with E-state index in [2.05, 4.69) is 0 Å². The molecule has 0 aliphatic heterocycles. The van der Waals surface area contributed by atoms with Crippen LogP contribution >= 0.6 is 0 Å². The van der Waals surface area contributed by atoms with Crippen LogP contribution in [0.5, 0.6) is 5.75 Å². The molecule has 0 fully saturated rings. The van der Waals surface area contributed by atoms with E-state index >= 15 is 0 Å². The number of carbonyl (C=O) groups excluding carboxylic acids is 1. The molecule has 0 heterocycles. The molecule has 1 aromatic carbocycles. The van der Waals surface area contributed by atoms with E-state index in [1.807, 2.05) is 19.9 Å². The first-order valence-electron chi connectivity index (χ1n) is 6.00. The molecule has 0 aliphatic carbocycles. The predicted molar refractivity (Wildman–Crippen MR) is 69.1 cm³/mol. The van der Waals surface area contributed by atoms with Gasteiger partial charge in [0.15, 0.2) is 0 Å². The van der Waals surface area contributed by atoms with Gasteiger partial charge in [-0.25, -0.2) is 0 Å². The number of benzene rings is 1. The van der Waals surface area contributed by atoms with Gasteiger partial charge in [-0.05, 0) is 24.1 Å². The predicted octanol–water partition coefficient (Wildman–Crippen LogP) is 2.40. The fraction of sp³-hybridized carbons (Fsp3) is 0.429. The zero-order chi connectivity index (χ0) is 13.5. The first-order chi connectivity index (χ1) is 8.54. The third-order valence-corrected chi connectivity index (χ3v) is 2.46. The van der Waals surface area contributed by atoms with E-state index in [0.29, 0.717) is 31.0 Å². The van der Waals surface area contributed by atoms with Crippen LogP contribution in [0.25, 0.3) is 0 Å². The average Bonchev–Trinajstić information content (AvgIpc) is 2.33. The largest absolute Gasteiger partial charge is 0.508 e. The normalized spacial score (nSPS) is 10.1. The Morgan fingerprint density at radius 1 is 1.50 bits per heavy atom. The van der Waals surface area contributed by atoms with Crippen molar-refractivity contribution in [1.29, 1.82) is 5.26 Å². The fourth-order valence-electron chi connectivity index (χ4n) is 1.72. The highest BCUT2D eigenvalue weighted by atomic mass is 16.3. The molecule has 1 rings (SSSR count). The standard InChI is InChI=1S/C14H18N2O2/c1-11(2)10-16(8-4-7-15)14(18)12-5-3-6-13(17)9-12/h3,5-6,9,11,17H,4,8,10H2,1-2H3. The van der Waals surface area contributed by atoms with Crippen molar-refractivity contribution in [1.82, 2.24) is 4.90 Å². The van der Waals surface area contributed by atoms with Gasteiger partial charge in [0.1, 0.15) is 5.75 Å². The van der Waals surface area contributed by atoms with E-state index < -0.39 is 0 Å². The minimum atomic E-state index is -0.144.